The van der Waals surface area contributed by atoms with Gasteiger partial charge >= 0.3 is 0 Å². The van der Waals surface area contributed by atoms with Gasteiger partial charge in [-0.05, 0) is 20.0 Å². The fourth-order valence-electron chi connectivity index (χ4n) is 2.29. The number of nitrogens with one attached hydrogen (secondary N) is 1. The molecule has 1 saturated heterocycles. The lowest BCUT2D eigenvalue weighted by Crippen LogP contribution is -2.47. The van der Waals surface area contributed by atoms with Crippen molar-refractivity contribution in [2.75, 3.05) is 44.7 Å². The predicted octanol–water partition coefficient (Wildman–Crippen LogP) is 0.728. The van der Waals surface area contributed by atoms with Crippen molar-refractivity contribution in [2.45, 2.75) is 19.9 Å². The summed E-state index contributed by atoms with van der Waals surface area (Å²) in [5.41, 5.74) is 1.13. The summed E-state index contributed by atoms with van der Waals surface area (Å²) >= 11 is 0. The number of anilines is 1. The van der Waals surface area contributed by atoms with E-state index < -0.39 is 0 Å². The van der Waals surface area contributed by atoms with Crippen LogP contribution in [-0.4, -0.2) is 54.6 Å². The zero-order valence-corrected chi connectivity index (χ0v) is 11.4. The van der Waals surface area contributed by atoms with Crippen LogP contribution in [0.4, 0.5) is 5.95 Å². The lowest BCUT2D eigenvalue weighted by molar-refractivity contribution is 0.257. The van der Waals surface area contributed by atoms with Gasteiger partial charge in [0.25, 0.3) is 0 Å². The molecule has 5 heteroatoms. The van der Waals surface area contributed by atoms with E-state index in [9.17, 15) is 0 Å². The highest BCUT2D eigenvalue weighted by molar-refractivity contribution is 5.30. The minimum Gasteiger partial charge on any atom is -0.338 e. The quantitative estimate of drug-likeness (QED) is 0.833. The van der Waals surface area contributed by atoms with Crippen LogP contribution < -0.4 is 10.2 Å². The molecule has 0 saturated carbocycles. The number of nitrogens with zero attached hydrogens (tertiary/aromatic N) is 4. The second-order valence-corrected chi connectivity index (χ2v) is 4.75. The van der Waals surface area contributed by atoms with Crippen LogP contribution in [0.3, 0.4) is 0 Å². The molecule has 0 atom stereocenters. The van der Waals surface area contributed by atoms with Gasteiger partial charge in [-0.1, -0.05) is 6.92 Å². The highest BCUT2D eigenvalue weighted by Crippen LogP contribution is 2.11. The molecule has 2 rings (SSSR count). The normalized spacial score (nSPS) is 17.1. The van der Waals surface area contributed by atoms with Crippen molar-refractivity contribution in [1.29, 1.82) is 0 Å². The molecular formula is C13H23N5. The summed E-state index contributed by atoms with van der Waals surface area (Å²) in [6, 6.07) is 0. The molecule has 2 heterocycles. The van der Waals surface area contributed by atoms with E-state index in [0.29, 0.717) is 0 Å². The third-order valence-electron chi connectivity index (χ3n) is 3.27. The number of piperazine rings is 1. The van der Waals surface area contributed by atoms with Crippen LogP contribution in [-0.2, 0) is 6.54 Å². The van der Waals surface area contributed by atoms with Crippen molar-refractivity contribution in [3.05, 3.63) is 18.0 Å². The van der Waals surface area contributed by atoms with Gasteiger partial charge in [-0.3, -0.25) is 4.90 Å². The lowest BCUT2D eigenvalue weighted by atomic mass is 10.3. The van der Waals surface area contributed by atoms with Gasteiger partial charge in [0.05, 0.1) is 0 Å². The second kappa shape index (κ2) is 6.66. The zero-order chi connectivity index (χ0) is 12.8. The van der Waals surface area contributed by atoms with Crippen molar-refractivity contribution >= 4 is 5.95 Å². The smallest absolute Gasteiger partial charge is 0.225 e. The molecule has 0 radical (unpaired) electrons. The summed E-state index contributed by atoms with van der Waals surface area (Å²) in [5.74, 6) is 0.867. The van der Waals surface area contributed by atoms with Crippen LogP contribution in [0.5, 0.6) is 0 Å². The molecule has 100 valence electrons. The molecule has 1 aromatic heterocycles. The first kappa shape index (κ1) is 13.2. The van der Waals surface area contributed by atoms with Crippen molar-refractivity contribution in [1.82, 2.24) is 20.2 Å². The van der Waals surface area contributed by atoms with Gasteiger partial charge in [0.15, 0.2) is 0 Å². The van der Waals surface area contributed by atoms with Crippen LogP contribution in [0.1, 0.15) is 18.9 Å². The molecule has 1 aromatic rings. The van der Waals surface area contributed by atoms with Crippen LogP contribution in [0.25, 0.3) is 0 Å². The number of hydrogen-bond acceptors (Lipinski definition) is 5. The minimum absolute atomic E-state index is 0.824. The average molecular weight is 249 g/mol. The van der Waals surface area contributed by atoms with E-state index in [2.05, 4.69) is 32.0 Å². The molecule has 1 fully saturated rings. The first-order valence-corrected chi connectivity index (χ1v) is 6.76. The third kappa shape index (κ3) is 3.40. The molecule has 1 aliphatic rings. The van der Waals surface area contributed by atoms with E-state index in [1.165, 1.54) is 13.0 Å². The van der Waals surface area contributed by atoms with E-state index in [1.807, 2.05) is 19.4 Å². The topological polar surface area (TPSA) is 44.3 Å². The Morgan fingerprint density at radius 2 is 1.83 bits per heavy atom. The van der Waals surface area contributed by atoms with Crippen LogP contribution >= 0.6 is 0 Å². The van der Waals surface area contributed by atoms with Crippen LogP contribution in [0.2, 0.25) is 0 Å². The Labute approximate surface area is 109 Å². The van der Waals surface area contributed by atoms with E-state index in [1.54, 1.807) is 0 Å². The molecule has 1 N–H and O–H groups in total. The molecule has 0 aromatic carbocycles. The van der Waals surface area contributed by atoms with Crippen molar-refractivity contribution in [3.8, 4) is 0 Å². The number of rotatable bonds is 5. The van der Waals surface area contributed by atoms with Gasteiger partial charge in [0, 0.05) is 50.7 Å². The standard InChI is InChI=1S/C13H23N5/c1-3-4-17-5-7-18(8-6-17)13-15-10-12(9-14-2)11-16-13/h10-11,14H,3-9H2,1-2H3. The van der Waals surface area contributed by atoms with Gasteiger partial charge < -0.3 is 10.2 Å². The lowest BCUT2D eigenvalue weighted by Gasteiger charge is -2.34. The summed E-state index contributed by atoms with van der Waals surface area (Å²) in [4.78, 5) is 13.7. The Morgan fingerprint density at radius 1 is 1.17 bits per heavy atom. The maximum atomic E-state index is 4.45. The van der Waals surface area contributed by atoms with Crippen molar-refractivity contribution < 1.29 is 0 Å². The molecule has 1 aliphatic heterocycles. The third-order valence-corrected chi connectivity index (χ3v) is 3.27. The maximum Gasteiger partial charge on any atom is 0.225 e. The van der Waals surface area contributed by atoms with Gasteiger partial charge in [-0.15, -0.1) is 0 Å². The number of hydrogen-bond donors (Lipinski definition) is 1. The van der Waals surface area contributed by atoms with E-state index >= 15 is 0 Å². The fourth-order valence-corrected chi connectivity index (χ4v) is 2.29. The van der Waals surface area contributed by atoms with E-state index in [4.69, 9.17) is 0 Å². The Morgan fingerprint density at radius 3 is 2.39 bits per heavy atom. The molecule has 18 heavy (non-hydrogen) atoms. The summed E-state index contributed by atoms with van der Waals surface area (Å²) in [5, 5.41) is 3.10. The highest BCUT2D eigenvalue weighted by atomic mass is 15.3. The number of aromatic nitrogens is 2. The minimum atomic E-state index is 0.824. The molecule has 0 spiro atoms. The molecular weight excluding hydrogens is 226 g/mol. The Bertz CT molecular complexity index is 343. The highest BCUT2D eigenvalue weighted by Gasteiger charge is 2.17. The molecule has 5 nitrogen and oxygen atoms in total. The summed E-state index contributed by atoms with van der Waals surface area (Å²) in [6.07, 6.45) is 5.06. The second-order valence-electron chi connectivity index (χ2n) is 4.75. The van der Waals surface area contributed by atoms with E-state index in [0.717, 1.165) is 44.2 Å². The molecule has 0 aliphatic carbocycles. The van der Waals surface area contributed by atoms with E-state index in [-0.39, 0.29) is 0 Å². The van der Waals surface area contributed by atoms with Gasteiger partial charge in [0.1, 0.15) is 0 Å². The Balaban J connectivity index is 1.89. The van der Waals surface area contributed by atoms with Gasteiger partial charge in [-0.2, -0.15) is 0 Å². The average Bonchev–Trinajstić information content (AvgIpc) is 2.41. The molecule has 0 amide bonds. The van der Waals surface area contributed by atoms with Gasteiger partial charge in [-0.25, -0.2) is 9.97 Å². The van der Waals surface area contributed by atoms with Crippen molar-refractivity contribution in [2.24, 2.45) is 0 Å². The zero-order valence-electron chi connectivity index (χ0n) is 11.4. The van der Waals surface area contributed by atoms with Gasteiger partial charge in [0.2, 0.25) is 5.95 Å². The van der Waals surface area contributed by atoms with Crippen LogP contribution in [0.15, 0.2) is 12.4 Å². The summed E-state index contributed by atoms with van der Waals surface area (Å²) < 4.78 is 0. The predicted molar refractivity (Wildman–Crippen MR) is 73.7 cm³/mol. The Hall–Kier alpha value is -1.20. The Kier molecular flexibility index (Phi) is 4.90. The summed E-state index contributed by atoms with van der Waals surface area (Å²) in [6.45, 7) is 8.57. The van der Waals surface area contributed by atoms with Crippen molar-refractivity contribution in [3.63, 3.8) is 0 Å². The maximum absolute atomic E-state index is 4.45. The van der Waals surface area contributed by atoms with Crippen LogP contribution in [0, 0.1) is 0 Å². The first-order valence-electron chi connectivity index (χ1n) is 6.76. The first-order chi connectivity index (χ1) is 8.83. The SMILES string of the molecule is CCCN1CCN(c2ncc(CNC)cn2)CC1. The molecule has 0 bridgehead atoms. The fraction of sp³-hybridized carbons (Fsp3) is 0.692. The monoisotopic (exact) mass is 249 g/mol. The summed E-state index contributed by atoms with van der Waals surface area (Å²) in [7, 11) is 1.93. The largest absolute Gasteiger partial charge is 0.338 e. The molecule has 0 unspecified atom stereocenters.